The van der Waals surface area contributed by atoms with Crippen molar-refractivity contribution >= 4 is 29.6 Å². The average molecular weight is 362 g/mol. The van der Waals surface area contributed by atoms with Crippen LogP contribution in [-0.4, -0.2) is 25.0 Å². The first-order chi connectivity index (χ1) is 11.3. The van der Waals surface area contributed by atoms with Gasteiger partial charge >= 0.3 is 12.1 Å². The molecule has 1 aromatic rings. The number of rotatable bonds is 6. The number of benzene rings is 1. The Labute approximate surface area is 141 Å². The molecule has 8 heteroatoms. The minimum Gasteiger partial charge on any atom is -0.464 e. The largest absolute Gasteiger partial charge is 0.464 e. The lowest BCUT2D eigenvalue weighted by Gasteiger charge is -2.09. The molecule has 0 spiro atoms. The smallest absolute Gasteiger partial charge is 0.417 e. The summed E-state index contributed by atoms with van der Waals surface area (Å²) in [7, 11) is 0. The van der Waals surface area contributed by atoms with E-state index in [1.165, 1.54) is 12.1 Å². The molecule has 0 aromatic heterocycles. The molecule has 0 aliphatic heterocycles. The summed E-state index contributed by atoms with van der Waals surface area (Å²) in [6.07, 6.45) is -0.241. The van der Waals surface area contributed by atoms with Gasteiger partial charge in [-0.25, -0.2) is 0 Å². The second kappa shape index (κ2) is 7.70. The van der Waals surface area contributed by atoms with Crippen molar-refractivity contribution in [3.8, 4) is 0 Å². The third-order valence-corrected chi connectivity index (χ3v) is 3.64. The number of carbonyl (C=O) groups excluding carboxylic acids is 2. The quantitative estimate of drug-likeness (QED) is 0.623. The summed E-state index contributed by atoms with van der Waals surface area (Å²) in [6, 6.07) is 3.30. The van der Waals surface area contributed by atoms with Gasteiger partial charge in [-0.3, -0.25) is 9.59 Å². The first-order valence-corrected chi connectivity index (χ1v) is 7.62. The second-order valence-corrected chi connectivity index (χ2v) is 5.82. The topological polar surface area (TPSA) is 55.4 Å². The van der Waals surface area contributed by atoms with Crippen LogP contribution in [0.15, 0.2) is 24.3 Å². The summed E-state index contributed by atoms with van der Waals surface area (Å²) in [5, 5.41) is 1.89. The molecule has 0 radical (unpaired) electrons. The molecule has 1 saturated carbocycles. The Bertz CT molecular complexity index is 654. The third-order valence-electron chi connectivity index (χ3n) is 3.31. The minimum atomic E-state index is -4.57. The minimum absolute atomic E-state index is 0.165. The van der Waals surface area contributed by atoms with Crippen LogP contribution in [0.3, 0.4) is 0 Å². The first-order valence-electron chi connectivity index (χ1n) is 7.24. The number of amides is 1. The van der Waals surface area contributed by atoms with Crippen LogP contribution in [0.25, 0.3) is 6.08 Å². The zero-order valence-electron chi connectivity index (χ0n) is 12.5. The van der Waals surface area contributed by atoms with Gasteiger partial charge in [-0.1, -0.05) is 17.7 Å². The highest BCUT2D eigenvalue weighted by Crippen LogP contribution is 2.35. The van der Waals surface area contributed by atoms with Gasteiger partial charge in [0, 0.05) is 6.08 Å². The van der Waals surface area contributed by atoms with Crippen molar-refractivity contribution in [2.45, 2.75) is 19.0 Å². The van der Waals surface area contributed by atoms with E-state index in [9.17, 15) is 22.8 Å². The molecule has 0 bridgehead atoms. The van der Waals surface area contributed by atoms with Gasteiger partial charge in [0.25, 0.3) is 0 Å². The van der Waals surface area contributed by atoms with Crippen molar-refractivity contribution in [2.24, 2.45) is 5.92 Å². The molecule has 2 rings (SSSR count). The molecule has 1 N–H and O–H groups in total. The van der Waals surface area contributed by atoms with E-state index in [1.54, 1.807) is 0 Å². The molecule has 0 heterocycles. The number of nitrogens with one attached hydrogen (secondary N) is 1. The fourth-order valence-corrected chi connectivity index (χ4v) is 2.02. The standard InChI is InChI=1S/C16H15ClF3NO3/c17-13-5-3-10(7-12(13)16(18,19)20)4-6-14(22)21-8-15(23)24-9-11-1-2-11/h3-7,11H,1-2,8-9H2,(H,21,22)/b6-4+. The first kappa shape index (κ1) is 18.3. The number of esters is 1. The van der Waals surface area contributed by atoms with Gasteiger partial charge in [-0.15, -0.1) is 0 Å². The molecule has 130 valence electrons. The molecule has 4 nitrogen and oxygen atoms in total. The molecule has 1 fully saturated rings. The Morgan fingerprint density at radius 1 is 1.33 bits per heavy atom. The highest BCUT2D eigenvalue weighted by Gasteiger charge is 2.33. The van der Waals surface area contributed by atoms with Crippen molar-refractivity contribution in [1.82, 2.24) is 5.32 Å². The van der Waals surface area contributed by atoms with E-state index in [1.807, 2.05) is 0 Å². The van der Waals surface area contributed by atoms with Crippen LogP contribution in [0.5, 0.6) is 0 Å². The average Bonchev–Trinajstić information content (AvgIpc) is 3.33. The molecule has 1 aliphatic carbocycles. The Balaban J connectivity index is 1.85. The fourth-order valence-electron chi connectivity index (χ4n) is 1.80. The summed E-state index contributed by atoms with van der Waals surface area (Å²) < 4.78 is 43.1. The lowest BCUT2D eigenvalue weighted by molar-refractivity contribution is -0.144. The lowest BCUT2D eigenvalue weighted by atomic mass is 10.1. The lowest BCUT2D eigenvalue weighted by Crippen LogP contribution is -2.29. The predicted molar refractivity (Wildman–Crippen MR) is 82.2 cm³/mol. The fraction of sp³-hybridized carbons (Fsp3) is 0.375. The number of hydrogen-bond acceptors (Lipinski definition) is 3. The number of halogens is 4. The molecular weight excluding hydrogens is 347 g/mol. The molecule has 1 amide bonds. The van der Waals surface area contributed by atoms with Gasteiger partial charge in [0.05, 0.1) is 17.2 Å². The van der Waals surface area contributed by atoms with E-state index in [4.69, 9.17) is 16.3 Å². The van der Waals surface area contributed by atoms with Crippen molar-refractivity contribution in [3.63, 3.8) is 0 Å². The Kier molecular flexibility index (Phi) is 5.88. The summed E-state index contributed by atoms with van der Waals surface area (Å²) in [4.78, 5) is 22.9. The van der Waals surface area contributed by atoms with Crippen LogP contribution in [-0.2, 0) is 20.5 Å². The molecule has 0 atom stereocenters. The van der Waals surface area contributed by atoms with Crippen LogP contribution in [0.2, 0.25) is 5.02 Å². The van der Waals surface area contributed by atoms with Gasteiger partial charge in [-0.05, 0) is 42.5 Å². The highest BCUT2D eigenvalue weighted by molar-refractivity contribution is 6.31. The zero-order valence-corrected chi connectivity index (χ0v) is 13.3. The van der Waals surface area contributed by atoms with E-state index in [-0.39, 0.29) is 12.1 Å². The van der Waals surface area contributed by atoms with Crippen molar-refractivity contribution < 1.29 is 27.5 Å². The van der Waals surface area contributed by atoms with Crippen LogP contribution in [0, 0.1) is 5.92 Å². The number of ether oxygens (including phenoxy) is 1. The molecule has 1 aliphatic rings. The van der Waals surface area contributed by atoms with Gasteiger partial charge in [0.1, 0.15) is 6.54 Å². The van der Waals surface area contributed by atoms with Crippen LogP contribution >= 0.6 is 11.6 Å². The monoisotopic (exact) mass is 361 g/mol. The van der Waals surface area contributed by atoms with Crippen LogP contribution in [0.4, 0.5) is 13.2 Å². The van der Waals surface area contributed by atoms with Gasteiger partial charge in [0.15, 0.2) is 0 Å². The zero-order chi connectivity index (χ0) is 17.7. The van der Waals surface area contributed by atoms with Crippen molar-refractivity contribution in [3.05, 3.63) is 40.4 Å². The second-order valence-electron chi connectivity index (χ2n) is 5.41. The van der Waals surface area contributed by atoms with E-state index in [0.717, 1.165) is 31.1 Å². The van der Waals surface area contributed by atoms with E-state index in [0.29, 0.717) is 12.5 Å². The highest BCUT2D eigenvalue weighted by atomic mass is 35.5. The van der Waals surface area contributed by atoms with E-state index in [2.05, 4.69) is 5.32 Å². The number of alkyl halides is 3. The third kappa shape index (κ3) is 5.88. The van der Waals surface area contributed by atoms with Crippen molar-refractivity contribution in [1.29, 1.82) is 0 Å². The van der Waals surface area contributed by atoms with E-state index >= 15 is 0 Å². The van der Waals surface area contributed by atoms with E-state index < -0.39 is 28.6 Å². The normalized spacial score (nSPS) is 14.7. The number of carbonyl (C=O) groups is 2. The van der Waals surface area contributed by atoms with Crippen LogP contribution < -0.4 is 5.32 Å². The maximum absolute atomic E-state index is 12.7. The molecule has 1 aromatic carbocycles. The summed E-state index contributed by atoms with van der Waals surface area (Å²) in [6.45, 7) is 0.0693. The van der Waals surface area contributed by atoms with Gasteiger partial charge in [-0.2, -0.15) is 13.2 Å². The SMILES string of the molecule is O=C(/C=C/c1ccc(Cl)c(C(F)(F)F)c1)NCC(=O)OCC1CC1. The Morgan fingerprint density at radius 3 is 2.67 bits per heavy atom. The Hall–Kier alpha value is -2.02. The maximum Gasteiger partial charge on any atom is 0.417 e. The summed E-state index contributed by atoms with van der Waals surface area (Å²) in [5.41, 5.74) is -0.812. The molecule has 0 saturated heterocycles. The molecular formula is C16H15ClF3NO3. The Morgan fingerprint density at radius 2 is 2.04 bits per heavy atom. The summed E-state index contributed by atoms with van der Waals surface area (Å²) in [5.74, 6) is -0.728. The van der Waals surface area contributed by atoms with Gasteiger partial charge in [0.2, 0.25) is 5.91 Å². The molecule has 24 heavy (non-hydrogen) atoms. The number of hydrogen-bond donors (Lipinski definition) is 1. The molecule has 0 unspecified atom stereocenters. The van der Waals surface area contributed by atoms with Crippen molar-refractivity contribution in [2.75, 3.05) is 13.2 Å². The van der Waals surface area contributed by atoms with Crippen LogP contribution in [0.1, 0.15) is 24.0 Å². The summed E-state index contributed by atoms with van der Waals surface area (Å²) >= 11 is 5.51. The maximum atomic E-state index is 12.7. The predicted octanol–water partition coefficient (Wildman–Crippen LogP) is 3.44. The van der Waals surface area contributed by atoms with Gasteiger partial charge < -0.3 is 10.1 Å².